The number of sulfone groups is 1. The molecule has 2 rings (SSSR count). The molecule has 2 aliphatic carbocycles. The zero-order chi connectivity index (χ0) is 13.9. The van der Waals surface area contributed by atoms with E-state index in [1.54, 1.807) is 6.92 Å². The summed E-state index contributed by atoms with van der Waals surface area (Å²) in [5, 5.41) is 3.56. The maximum atomic E-state index is 11.8. The lowest BCUT2D eigenvalue weighted by Gasteiger charge is -2.38. The number of rotatable bonds is 8. The highest BCUT2D eigenvalue weighted by molar-refractivity contribution is 7.91. The van der Waals surface area contributed by atoms with E-state index in [1.165, 1.54) is 25.7 Å². The van der Waals surface area contributed by atoms with Crippen LogP contribution in [0.2, 0.25) is 0 Å². The topological polar surface area (TPSA) is 46.2 Å². The summed E-state index contributed by atoms with van der Waals surface area (Å²) in [5.74, 6) is 2.33. The maximum absolute atomic E-state index is 11.8. The predicted octanol–water partition coefficient (Wildman–Crippen LogP) is 2.62. The van der Waals surface area contributed by atoms with Crippen LogP contribution in [0.1, 0.15) is 52.4 Å². The molecule has 2 saturated carbocycles. The van der Waals surface area contributed by atoms with Gasteiger partial charge < -0.3 is 5.32 Å². The lowest BCUT2D eigenvalue weighted by atomic mass is 9.71. The summed E-state index contributed by atoms with van der Waals surface area (Å²) in [7, 11) is -2.82. The Morgan fingerprint density at radius 3 is 2.58 bits per heavy atom. The zero-order valence-corrected chi connectivity index (χ0v) is 13.3. The first-order valence-corrected chi connectivity index (χ1v) is 9.74. The predicted molar refractivity (Wildman–Crippen MR) is 80.0 cm³/mol. The largest absolute Gasteiger partial charge is 0.316 e. The van der Waals surface area contributed by atoms with Crippen LogP contribution in [0, 0.1) is 17.3 Å². The molecule has 2 bridgehead atoms. The van der Waals surface area contributed by atoms with Crippen LogP contribution in [0.5, 0.6) is 0 Å². The number of hydrogen-bond acceptors (Lipinski definition) is 3. The average Bonchev–Trinajstić information content (AvgIpc) is 2.98. The third kappa shape index (κ3) is 3.52. The summed E-state index contributed by atoms with van der Waals surface area (Å²) in [5.41, 5.74) is 0.278. The van der Waals surface area contributed by atoms with Crippen LogP contribution in [0.15, 0.2) is 0 Å². The van der Waals surface area contributed by atoms with Crippen LogP contribution in [0.3, 0.4) is 0 Å². The smallest absolute Gasteiger partial charge is 0.150 e. The summed E-state index contributed by atoms with van der Waals surface area (Å²) in [4.78, 5) is 0. The summed E-state index contributed by atoms with van der Waals surface area (Å²) in [6.07, 6.45) is 7.33. The summed E-state index contributed by atoms with van der Waals surface area (Å²) in [6, 6.07) is 0. The molecule has 0 aromatic carbocycles. The highest BCUT2D eigenvalue weighted by atomic mass is 32.2. The van der Waals surface area contributed by atoms with E-state index in [2.05, 4.69) is 12.2 Å². The van der Waals surface area contributed by atoms with Crippen LogP contribution in [-0.4, -0.2) is 33.0 Å². The van der Waals surface area contributed by atoms with Gasteiger partial charge in [-0.05, 0) is 55.9 Å². The molecular weight excluding hydrogens is 258 g/mol. The van der Waals surface area contributed by atoms with Gasteiger partial charge in [0.05, 0.1) is 5.75 Å². The maximum Gasteiger partial charge on any atom is 0.150 e. The first-order valence-electron chi connectivity index (χ1n) is 7.92. The minimum atomic E-state index is -2.82. The van der Waals surface area contributed by atoms with E-state index < -0.39 is 9.84 Å². The monoisotopic (exact) mass is 287 g/mol. The molecule has 0 aromatic heterocycles. The van der Waals surface area contributed by atoms with Gasteiger partial charge in [0.25, 0.3) is 0 Å². The second kappa shape index (κ2) is 6.13. The molecule has 0 spiro atoms. The van der Waals surface area contributed by atoms with Crippen molar-refractivity contribution in [3.63, 3.8) is 0 Å². The molecule has 2 fully saturated rings. The van der Waals surface area contributed by atoms with Crippen molar-refractivity contribution in [3.05, 3.63) is 0 Å². The fourth-order valence-electron chi connectivity index (χ4n) is 4.19. The van der Waals surface area contributed by atoms with E-state index in [0.29, 0.717) is 11.5 Å². The van der Waals surface area contributed by atoms with Gasteiger partial charge in [-0.2, -0.15) is 0 Å². The Balaban J connectivity index is 1.99. The first-order chi connectivity index (χ1) is 9.01. The van der Waals surface area contributed by atoms with Gasteiger partial charge in [-0.1, -0.05) is 20.3 Å². The molecule has 0 aliphatic heterocycles. The van der Waals surface area contributed by atoms with Gasteiger partial charge in [-0.25, -0.2) is 8.42 Å². The first kappa shape index (κ1) is 15.3. The van der Waals surface area contributed by atoms with E-state index in [9.17, 15) is 8.42 Å². The van der Waals surface area contributed by atoms with E-state index in [-0.39, 0.29) is 5.41 Å². The molecule has 0 saturated heterocycles. The minimum absolute atomic E-state index is 0.278. The van der Waals surface area contributed by atoms with Crippen molar-refractivity contribution in [1.29, 1.82) is 0 Å². The highest BCUT2D eigenvalue weighted by Crippen LogP contribution is 2.57. The zero-order valence-electron chi connectivity index (χ0n) is 12.5. The minimum Gasteiger partial charge on any atom is -0.316 e. The quantitative estimate of drug-likeness (QED) is 0.698. The Morgan fingerprint density at radius 1 is 1.26 bits per heavy atom. The van der Waals surface area contributed by atoms with Crippen molar-refractivity contribution in [2.45, 2.75) is 52.4 Å². The number of fused-ring (bicyclic) bond motifs is 2. The molecule has 19 heavy (non-hydrogen) atoms. The van der Waals surface area contributed by atoms with E-state index in [0.717, 1.165) is 37.8 Å². The number of nitrogens with one attached hydrogen (secondary N) is 1. The highest BCUT2D eigenvalue weighted by Gasteiger charge is 2.50. The molecule has 1 N–H and O–H groups in total. The Labute approximate surface area is 118 Å². The summed E-state index contributed by atoms with van der Waals surface area (Å²) >= 11 is 0. The van der Waals surface area contributed by atoms with E-state index in [4.69, 9.17) is 0 Å². The molecule has 3 nitrogen and oxygen atoms in total. The van der Waals surface area contributed by atoms with Crippen LogP contribution < -0.4 is 5.32 Å². The van der Waals surface area contributed by atoms with Gasteiger partial charge in [0.15, 0.2) is 0 Å². The van der Waals surface area contributed by atoms with Crippen molar-refractivity contribution in [2.75, 3.05) is 24.6 Å². The van der Waals surface area contributed by atoms with Crippen LogP contribution in [0.4, 0.5) is 0 Å². The van der Waals surface area contributed by atoms with E-state index >= 15 is 0 Å². The fourth-order valence-corrected chi connectivity index (χ4v) is 5.19. The molecule has 0 aromatic rings. The van der Waals surface area contributed by atoms with Gasteiger partial charge in [0.2, 0.25) is 0 Å². The van der Waals surface area contributed by atoms with Crippen molar-refractivity contribution < 1.29 is 8.42 Å². The SMILES string of the molecule is CCCNCC1(CCS(=O)(=O)CC)CC2CCC1C2. The second-order valence-electron chi connectivity index (χ2n) is 6.61. The Bertz CT molecular complexity index is 393. The fraction of sp³-hybridized carbons (Fsp3) is 1.00. The summed E-state index contributed by atoms with van der Waals surface area (Å²) in [6.45, 7) is 6.03. The molecular formula is C15H29NO2S. The molecule has 3 unspecified atom stereocenters. The third-order valence-corrected chi connectivity index (χ3v) is 7.06. The van der Waals surface area contributed by atoms with Crippen molar-refractivity contribution in [2.24, 2.45) is 17.3 Å². The van der Waals surface area contributed by atoms with Gasteiger partial charge in [-0.3, -0.25) is 0 Å². The molecule has 0 radical (unpaired) electrons. The van der Waals surface area contributed by atoms with Crippen molar-refractivity contribution in [3.8, 4) is 0 Å². The number of hydrogen-bond donors (Lipinski definition) is 1. The lowest BCUT2D eigenvalue weighted by Crippen LogP contribution is -2.40. The Kier molecular flexibility index (Phi) is 4.93. The molecule has 0 heterocycles. The summed E-state index contributed by atoms with van der Waals surface area (Å²) < 4.78 is 23.6. The molecule has 4 heteroatoms. The average molecular weight is 287 g/mol. The van der Waals surface area contributed by atoms with Crippen LogP contribution in [-0.2, 0) is 9.84 Å². The lowest BCUT2D eigenvalue weighted by molar-refractivity contribution is 0.151. The molecule has 2 aliphatic rings. The van der Waals surface area contributed by atoms with Gasteiger partial charge >= 0.3 is 0 Å². The van der Waals surface area contributed by atoms with Crippen LogP contribution in [0.25, 0.3) is 0 Å². The molecule has 3 atom stereocenters. The van der Waals surface area contributed by atoms with Crippen molar-refractivity contribution in [1.82, 2.24) is 5.32 Å². The Hall–Kier alpha value is -0.0900. The second-order valence-corrected chi connectivity index (χ2v) is 9.08. The van der Waals surface area contributed by atoms with E-state index in [1.807, 2.05) is 0 Å². The Morgan fingerprint density at radius 2 is 2.05 bits per heavy atom. The third-order valence-electron chi connectivity index (χ3n) is 5.36. The van der Waals surface area contributed by atoms with Gasteiger partial charge in [0.1, 0.15) is 9.84 Å². The molecule has 112 valence electrons. The standard InChI is InChI=1S/C15H29NO2S/c1-3-8-16-12-15(7-9-19(17,18)4-2)11-13-5-6-14(15)10-13/h13-14,16H,3-12H2,1-2H3. The van der Waals surface area contributed by atoms with Crippen LogP contribution >= 0.6 is 0 Å². The van der Waals surface area contributed by atoms with Gasteiger partial charge in [0, 0.05) is 12.3 Å². The normalized spacial score (nSPS) is 34.0. The van der Waals surface area contributed by atoms with Gasteiger partial charge in [-0.15, -0.1) is 0 Å². The molecule has 0 amide bonds. The van der Waals surface area contributed by atoms with Crippen molar-refractivity contribution >= 4 is 9.84 Å².